The van der Waals surface area contributed by atoms with E-state index in [1.165, 1.54) is 12.5 Å². The van der Waals surface area contributed by atoms with Crippen LogP contribution in [-0.4, -0.2) is 12.0 Å². The zero-order valence-corrected chi connectivity index (χ0v) is 10.8. The summed E-state index contributed by atoms with van der Waals surface area (Å²) < 4.78 is 19.5. The molecule has 0 atom stereocenters. The molecule has 19 heavy (non-hydrogen) atoms. The number of rotatable bonds is 4. The first-order valence-corrected chi connectivity index (χ1v) is 6.58. The van der Waals surface area contributed by atoms with Gasteiger partial charge in [-0.25, -0.2) is 4.39 Å². The van der Waals surface area contributed by atoms with Crippen LogP contribution < -0.4 is 10.1 Å². The lowest BCUT2D eigenvalue weighted by Crippen LogP contribution is -2.20. The number of nitrogens with one attached hydrogen (secondary N) is 1. The normalized spacial score (nSPS) is 15.8. The van der Waals surface area contributed by atoms with E-state index in [9.17, 15) is 9.18 Å². The maximum absolute atomic E-state index is 13.9. The fraction of sp³-hybridized carbons (Fsp3) is 0.400. The van der Waals surface area contributed by atoms with Gasteiger partial charge in [-0.2, -0.15) is 0 Å². The van der Waals surface area contributed by atoms with Crippen molar-refractivity contribution in [2.45, 2.75) is 38.2 Å². The second kappa shape index (κ2) is 6.36. The van der Waals surface area contributed by atoms with Crippen molar-refractivity contribution in [3.05, 3.63) is 36.7 Å². The summed E-state index contributed by atoms with van der Waals surface area (Å²) in [5, 5.41) is 2.51. The van der Waals surface area contributed by atoms with Gasteiger partial charge in [0, 0.05) is 11.8 Å². The van der Waals surface area contributed by atoms with Gasteiger partial charge in [-0.05, 0) is 43.9 Å². The second-order valence-corrected chi connectivity index (χ2v) is 4.72. The van der Waals surface area contributed by atoms with Gasteiger partial charge in [0.25, 0.3) is 0 Å². The zero-order chi connectivity index (χ0) is 13.7. The molecule has 1 N–H and O–H groups in total. The minimum absolute atomic E-state index is 0.108. The second-order valence-electron chi connectivity index (χ2n) is 4.72. The number of carbonyl (C=O) groups excluding carboxylic acids is 1. The monoisotopic (exact) mass is 263 g/mol. The summed E-state index contributed by atoms with van der Waals surface area (Å²) in [6.07, 6.45) is 6.72. The Labute approximate surface area is 112 Å². The van der Waals surface area contributed by atoms with Crippen molar-refractivity contribution in [3.8, 4) is 5.75 Å². The van der Waals surface area contributed by atoms with Crippen LogP contribution in [0.25, 0.3) is 0 Å². The summed E-state index contributed by atoms with van der Waals surface area (Å²) in [5.41, 5.74) is 0.401. The van der Waals surface area contributed by atoms with Crippen LogP contribution in [0.4, 0.5) is 10.1 Å². The first-order valence-electron chi connectivity index (χ1n) is 6.58. The Hall–Kier alpha value is -1.84. The van der Waals surface area contributed by atoms with Gasteiger partial charge in [0.05, 0.1) is 6.10 Å². The van der Waals surface area contributed by atoms with Crippen molar-refractivity contribution in [2.75, 3.05) is 5.32 Å². The smallest absolute Gasteiger partial charge is 0.247 e. The van der Waals surface area contributed by atoms with Gasteiger partial charge in [-0.3, -0.25) is 4.79 Å². The standard InChI is InChI=1S/C15H18FNO2/c1-2-15(18)17-11-8-9-14(13(16)10-11)19-12-6-4-3-5-7-12/h2,8-10,12H,1,3-7H2,(H,17,18). The van der Waals surface area contributed by atoms with Crippen molar-refractivity contribution < 1.29 is 13.9 Å². The topological polar surface area (TPSA) is 38.3 Å². The van der Waals surface area contributed by atoms with Gasteiger partial charge in [0.2, 0.25) is 5.91 Å². The lowest BCUT2D eigenvalue weighted by atomic mass is 9.98. The molecule has 1 aromatic carbocycles. The summed E-state index contributed by atoms with van der Waals surface area (Å²) >= 11 is 0. The van der Waals surface area contributed by atoms with Crippen LogP contribution in [0.15, 0.2) is 30.9 Å². The van der Waals surface area contributed by atoms with E-state index in [1.54, 1.807) is 12.1 Å². The lowest BCUT2D eigenvalue weighted by molar-refractivity contribution is -0.111. The number of benzene rings is 1. The van der Waals surface area contributed by atoms with Gasteiger partial charge in [0.1, 0.15) is 0 Å². The number of hydrogen-bond donors (Lipinski definition) is 1. The third kappa shape index (κ3) is 3.81. The molecule has 3 nitrogen and oxygen atoms in total. The molecule has 0 aromatic heterocycles. The minimum atomic E-state index is -0.451. The zero-order valence-electron chi connectivity index (χ0n) is 10.8. The maximum Gasteiger partial charge on any atom is 0.247 e. The fourth-order valence-corrected chi connectivity index (χ4v) is 2.23. The van der Waals surface area contributed by atoms with Crippen molar-refractivity contribution in [2.24, 2.45) is 0 Å². The third-order valence-corrected chi connectivity index (χ3v) is 3.23. The van der Waals surface area contributed by atoms with Gasteiger partial charge in [0.15, 0.2) is 11.6 Å². The molecule has 102 valence electrons. The Kier molecular flexibility index (Phi) is 4.55. The van der Waals surface area contributed by atoms with E-state index in [0.717, 1.165) is 31.8 Å². The fourth-order valence-electron chi connectivity index (χ4n) is 2.23. The highest BCUT2D eigenvalue weighted by Crippen LogP contribution is 2.27. The van der Waals surface area contributed by atoms with Crippen LogP contribution in [0.5, 0.6) is 5.75 Å². The SMILES string of the molecule is C=CC(=O)Nc1ccc(OC2CCCCC2)c(F)c1. The van der Waals surface area contributed by atoms with E-state index in [1.807, 2.05) is 0 Å². The molecule has 0 unspecified atom stereocenters. The molecular formula is C15H18FNO2. The molecule has 1 fully saturated rings. The molecule has 0 radical (unpaired) electrons. The Morgan fingerprint density at radius 1 is 1.37 bits per heavy atom. The molecule has 1 amide bonds. The van der Waals surface area contributed by atoms with Crippen LogP contribution in [-0.2, 0) is 4.79 Å². The average Bonchev–Trinajstić information content (AvgIpc) is 2.43. The quantitative estimate of drug-likeness (QED) is 0.842. The molecule has 1 saturated carbocycles. The molecule has 0 spiro atoms. The lowest BCUT2D eigenvalue weighted by Gasteiger charge is -2.23. The van der Waals surface area contributed by atoms with Crippen molar-refractivity contribution >= 4 is 11.6 Å². The van der Waals surface area contributed by atoms with E-state index < -0.39 is 5.82 Å². The highest BCUT2D eigenvalue weighted by molar-refractivity contribution is 5.98. The highest BCUT2D eigenvalue weighted by atomic mass is 19.1. The Bertz CT molecular complexity index is 467. The number of ether oxygens (including phenoxy) is 1. The van der Waals surface area contributed by atoms with Crippen LogP contribution in [0.2, 0.25) is 0 Å². The van der Waals surface area contributed by atoms with Gasteiger partial charge in [-0.15, -0.1) is 0 Å². The summed E-state index contributed by atoms with van der Waals surface area (Å²) in [4.78, 5) is 11.1. The number of halogens is 1. The average molecular weight is 263 g/mol. The third-order valence-electron chi connectivity index (χ3n) is 3.23. The van der Waals surface area contributed by atoms with Crippen LogP contribution in [0.3, 0.4) is 0 Å². The Morgan fingerprint density at radius 2 is 2.11 bits per heavy atom. The van der Waals surface area contributed by atoms with Gasteiger partial charge >= 0.3 is 0 Å². The van der Waals surface area contributed by atoms with E-state index in [-0.39, 0.29) is 17.8 Å². The summed E-state index contributed by atoms with van der Waals surface area (Å²) in [5.74, 6) is -0.559. The molecule has 0 aliphatic heterocycles. The Balaban J connectivity index is 2.01. The van der Waals surface area contributed by atoms with Crippen LogP contribution in [0.1, 0.15) is 32.1 Å². The minimum Gasteiger partial charge on any atom is -0.487 e. The largest absolute Gasteiger partial charge is 0.487 e. The summed E-state index contributed by atoms with van der Waals surface area (Å²) in [6.45, 7) is 3.34. The maximum atomic E-state index is 13.9. The molecule has 2 rings (SSSR count). The molecule has 1 aliphatic rings. The molecule has 4 heteroatoms. The molecule has 1 aliphatic carbocycles. The first kappa shape index (κ1) is 13.6. The number of hydrogen-bond acceptors (Lipinski definition) is 2. The number of anilines is 1. The highest BCUT2D eigenvalue weighted by Gasteiger charge is 2.16. The molecule has 0 heterocycles. The number of carbonyl (C=O) groups is 1. The van der Waals surface area contributed by atoms with Gasteiger partial charge in [-0.1, -0.05) is 13.0 Å². The van der Waals surface area contributed by atoms with Crippen molar-refractivity contribution in [1.29, 1.82) is 0 Å². The van der Waals surface area contributed by atoms with E-state index in [2.05, 4.69) is 11.9 Å². The first-order chi connectivity index (χ1) is 9.19. The van der Waals surface area contributed by atoms with E-state index in [0.29, 0.717) is 5.69 Å². The van der Waals surface area contributed by atoms with Crippen LogP contribution >= 0.6 is 0 Å². The molecule has 1 aromatic rings. The summed E-state index contributed by atoms with van der Waals surface area (Å²) in [7, 11) is 0. The van der Waals surface area contributed by atoms with E-state index >= 15 is 0 Å². The Morgan fingerprint density at radius 3 is 2.74 bits per heavy atom. The predicted molar refractivity (Wildman–Crippen MR) is 72.7 cm³/mol. The van der Waals surface area contributed by atoms with E-state index in [4.69, 9.17) is 4.74 Å². The molecular weight excluding hydrogens is 245 g/mol. The van der Waals surface area contributed by atoms with Crippen LogP contribution in [0, 0.1) is 5.82 Å². The van der Waals surface area contributed by atoms with Crippen molar-refractivity contribution in [3.63, 3.8) is 0 Å². The van der Waals surface area contributed by atoms with Gasteiger partial charge < -0.3 is 10.1 Å². The molecule has 0 saturated heterocycles. The predicted octanol–water partition coefficient (Wildman–Crippen LogP) is 3.66. The molecule has 0 bridgehead atoms. The number of amides is 1. The van der Waals surface area contributed by atoms with Crippen molar-refractivity contribution in [1.82, 2.24) is 0 Å². The summed E-state index contributed by atoms with van der Waals surface area (Å²) in [6, 6.07) is 4.45.